The van der Waals surface area contributed by atoms with Crippen LogP contribution in [0.4, 0.5) is 0 Å². The summed E-state index contributed by atoms with van der Waals surface area (Å²) < 4.78 is 11.1. The van der Waals surface area contributed by atoms with Gasteiger partial charge in [0.1, 0.15) is 0 Å². The zero-order valence-electron chi connectivity index (χ0n) is 14.2. The Balaban J connectivity index is 0.00000192. The van der Waals surface area contributed by atoms with Gasteiger partial charge in [-0.2, -0.15) is 0 Å². The first-order valence-corrected chi connectivity index (χ1v) is 8.30. The highest BCUT2D eigenvalue weighted by molar-refractivity contribution is 14.0. The molecule has 23 heavy (non-hydrogen) atoms. The lowest BCUT2D eigenvalue weighted by Gasteiger charge is -2.60. The molecule has 130 valence electrons. The van der Waals surface area contributed by atoms with Crippen LogP contribution < -0.4 is 10.6 Å². The maximum atomic E-state index is 5.97. The van der Waals surface area contributed by atoms with Gasteiger partial charge in [-0.05, 0) is 25.8 Å². The average Bonchev–Trinajstić information content (AvgIpc) is 3.03. The smallest absolute Gasteiger partial charge is 0.191 e. The molecule has 1 aliphatic heterocycles. The Labute approximate surface area is 155 Å². The largest absolute Gasteiger partial charge is 0.472 e. The Morgan fingerprint density at radius 1 is 1.43 bits per heavy atom. The maximum Gasteiger partial charge on any atom is 0.191 e. The lowest BCUT2D eigenvalue weighted by atomic mass is 9.55. The SMILES string of the molecule is CCNC(=NCc1ccoc1)NC1C2CCCOC2C1(C)C.I. The monoisotopic (exact) mass is 433 g/mol. The highest BCUT2D eigenvalue weighted by atomic mass is 127. The second-order valence-corrected chi connectivity index (χ2v) is 6.87. The van der Waals surface area contributed by atoms with E-state index in [1.165, 1.54) is 6.42 Å². The predicted octanol–water partition coefficient (Wildman–Crippen LogP) is 3.16. The van der Waals surface area contributed by atoms with Crippen molar-refractivity contribution in [3.8, 4) is 0 Å². The summed E-state index contributed by atoms with van der Waals surface area (Å²) in [7, 11) is 0. The number of hydrogen-bond acceptors (Lipinski definition) is 3. The summed E-state index contributed by atoms with van der Waals surface area (Å²) in [6.45, 7) is 9.06. The molecule has 3 atom stereocenters. The minimum Gasteiger partial charge on any atom is -0.472 e. The molecule has 3 unspecified atom stereocenters. The van der Waals surface area contributed by atoms with Crippen molar-refractivity contribution in [1.82, 2.24) is 10.6 Å². The van der Waals surface area contributed by atoms with E-state index in [4.69, 9.17) is 9.15 Å². The molecular formula is C17H28IN3O2. The van der Waals surface area contributed by atoms with E-state index in [0.29, 0.717) is 24.6 Å². The first-order chi connectivity index (χ1) is 10.6. The lowest BCUT2D eigenvalue weighted by molar-refractivity contribution is -0.188. The molecule has 1 saturated heterocycles. The van der Waals surface area contributed by atoms with Crippen LogP contribution in [-0.2, 0) is 11.3 Å². The molecule has 2 N–H and O–H groups in total. The second kappa shape index (κ2) is 7.88. The average molecular weight is 433 g/mol. The van der Waals surface area contributed by atoms with Crippen LogP contribution in [0.25, 0.3) is 0 Å². The molecule has 0 spiro atoms. The molecule has 0 bridgehead atoms. The summed E-state index contributed by atoms with van der Waals surface area (Å²) in [5, 5.41) is 6.98. The fraction of sp³-hybridized carbons (Fsp3) is 0.706. The van der Waals surface area contributed by atoms with Gasteiger partial charge >= 0.3 is 0 Å². The zero-order chi connectivity index (χ0) is 15.6. The van der Waals surface area contributed by atoms with Gasteiger partial charge in [0.05, 0.1) is 25.2 Å². The van der Waals surface area contributed by atoms with Crippen LogP contribution in [0, 0.1) is 11.3 Å². The molecule has 1 aliphatic carbocycles. The number of furan rings is 1. The highest BCUT2D eigenvalue weighted by Crippen LogP contribution is 2.51. The van der Waals surface area contributed by atoms with Gasteiger partial charge in [-0.1, -0.05) is 13.8 Å². The Bertz CT molecular complexity index is 516. The molecule has 2 fully saturated rings. The van der Waals surface area contributed by atoms with E-state index in [9.17, 15) is 0 Å². The highest BCUT2D eigenvalue weighted by Gasteiger charge is 2.58. The van der Waals surface area contributed by atoms with Crippen LogP contribution in [0.2, 0.25) is 0 Å². The van der Waals surface area contributed by atoms with Gasteiger partial charge in [0.15, 0.2) is 5.96 Å². The number of hydrogen-bond donors (Lipinski definition) is 2. The zero-order valence-corrected chi connectivity index (χ0v) is 16.5. The van der Waals surface area contributed by atoms with Crippen molar-refractivity contribution in [2.45, 2.75) is 52.3 Å². The van der Waals surface area contributed by atoms with Gasteiger partial charge < -0.3 is 19.8 Å². The summed E-state index contributed by atoms with van der Waals surface area (Å²) in [4.78, 5) is 4.67. The number of aliphatic imine (C=N–C) groups is 1. The molecule has 1 aromatic heterocycles. The normalized spacial score (nSPS) is 29.0. The van der Waals surface area contributed by atoms with Crippen LogP contribution >= 0.6 is 24.0 Å². The first-order valence-electron chi connectivity index (χ1n) is 8.30. The Morgan fingerprint density at radius 2 is 2.26 bits per heavy atom. The molecule has 5 nitrogen and oxygen atoms in total. The van der Waals surface area contributed by atoms with Crippen LogP contribution in [0.5, 0.6) is 0 Å². The number of guanidine groups is 1. The Morgan fingerprint density at radius 3 is 2.96 bits per heavy atom. The molecule has 6 heteroatoms. The number of rotatable bonds is 4. The number of halogens is 1. The van der Waals surface area contributed by atoms with Gasteiger partial charge in [-0.3, -0.25) is 0 Å². The summed E-state index contributed by atoms with van der Waals surface area (Å²) in [5.41, 5.74) is 1.24. The molecule has 2 heterocycles. The van der Waals surface area contributed by atoms with Crippen molar-refractivity contribution in [3.63, 3.8) is 0 Å². The van der Waals surface area contributed by atoms with Crippen molar-refractivity contribution in [2.24, 2.45) is 16.3 Å². The van der Waals surface area contributed by atoms with Crippen LogP contribution in [0.15, 0.2) is 28.0 Å². The van der Waals surface area contributed by atoms with Gasteiger partial charge in [0.2, 0.25) is 0 Å². The summed E-state index contributed by atoms with van der Waals surface area (Å²) in [6.07, 6.45) is 6.22. The summed E-state index contributed by atoms with van der Waals surface area (Å²) >= 11 is 0. The van der Waals surface area contributed by atoms with E-state index in [0.717, 1.165) is 31.1 Å². The fourth-order valence-corrected chi connectivity index (χ4v) is 3.84. The Kier molecular flexibility index (Phi) is 6.36. The Hall–Kier alpha value is -0.760. The first kappa shape index (κ1) is 18.6. The van der Waals surface area contributed by atoms with Crippen LogP contribution in [0.1, 0.15) is 39.2 Å². The molecule has 0 amide bonds. The van der Waals surface area contributed by atoms with Crippen molar-refractivity contribution in [1.29, 1.82) is 0 Å². The molecule has 0 radical (unpaired) electrons. The van der Waals surface area contributed by atoms with E-state index in [2.05, 4.69) is 36.4 Å². The third-order valence-electron chi connectivity index (χ3n) is 4.97. The lowest BCUT2D eigenvalue weighted by Crippen LogP contribution is -2.71. The van der Waals surface area contributed by atoms with Crippen molar-refractivity contribution < 1.29 is 9.15 Å². The van der Waals surface area contributed by atoms with E-state index in [-0.39, 0.29) is 29.4 Å². The predicted molar refractivity (Wildman–Crippen MR) is 102 cm³/mol. The maximum absolute atomic E-state index is 5.97. The van der Waals surface area contributed by atoms with Gasteiger partial charge in [0.25, 0.3) is 0 Å². The van der Waals surface area contributed by atoms with Crippen molar-refractivity contribution >= 4 is 29.9 Å². The third kappa shape index (κ3) is 3.84. The molecule has 1 saturated carbocycles. The molecular weight excluding hydrogens is 405 g/mol. The topological polar surface area (TPSA) is 58.8 Å². The number of nitrogens with one attached hydrogen (secondary N) is 2. The van der Waals surface area contributed by atoms with Crippen molar-refractivity contribution in [2.75, 3.05) is 13.2 Å². The number of fused-ring (bicyclic) bond motifs is 1. The van der Waals surface area contributed by atoms with Crippen LogP contribution in [-0.4, -0.2) is 31.3 Å². The molecule has 2 aliphatic rings. The van der Waals surface area contributed by atoms with E-state index in [1.807, 2.05) is 6.07 Å². The standard InChI is InChI=1S/C17H27N3O2.HI/c1-4-18-16(19-10-12-7-9-21-11-12)20-14-13-6-5-8-22-15(13)17(14,2)3;/h7,9,11,13-15H,4-6,8,10H2,1-3H3,(H2,18,19,20);1H. The van der Waals surface area contributed by atoms with Crippen LogP contribution in [0.3, 0.4) is 0 Å². The third-order valence-corrected chi connectivity index (χ3v) is 4.97. The number of ether oxygens (including phenoxy) is 1. The summed E-state index contributed by atoms with van der Waals surface area (Å²) in [6, 6.07) is 2.37. The quantitative estimate of drug-likeness (QED) is 0.435. The van der Waals surface area contributed by atoms with E-state index in [1.54, 1.807) is 12.5 Å². The number of nitrogens with zero attached hydrogens (tertiary/aromatic N) is 1. The van der Waals surface area contributed by atoms with E-state index < -0.39 is 0 Å². The molecule has 3 rings (SSSR count). The van der Waals surface area contributed by atoms with E-state index >= 15 is 0 Å². The van der Waals surface area contributed by atoms with Gasteiger partial charge in [-0.15, -0.1) is 24.0 Å². The summed E-state index contributed by atoms with van der Waals surface area (Å²) in [5.74, 6) is 1.48. The second-order valence-electron chi connectivity index (χ2n) is 6.87. The van der Waals surface area contributed by atoms with Gasteiger partial charge in [0, 0.05) is 36.1 Å². The minimum absolute atomic E-state index is 0. The molecule has 0 aromatic carbocycles. The van der Waals surface area contributed by atoms with Crippen molar-refractivity contribution in [3.05, 3.63) is 24.2 Å². The molecule has 1 aromatic rings. The minimum atomic E-state index is 0. The fourth-order valence-electron chi connectivity index (χ4n) is 3.84. The van der Waals surface area contributed by atoms with Gasteiger partial charge in [-0.25, -0.2) is 4.99 Å².